The average Bonchev–Trinajstić information content (AvgIpc) is 4.05. The first-order valence-corrected chi connectivity index (χ1v) is 30.0. The third-order valence-electron chi connectivity index (χ3n) is 19.3. The molecule has 18 nitrogen and oxygen atoms in total. The number of fused-ring (bicyclic) bond motifs is 4. The van der Waals surface area contributed by atoms with Crippen molar-refractivity contribution in [1.29, 1.82) is 0 Å². The number of carbonyl (C=O) groups is 1. The van der Waals surface area contributed by atoms with Crippen LogP contribution in [0, 0.1) is 33.8 Å². The van der Waals surface area contributed by atoms with Gasteiger partial charge in [-0.05, 0) is 136 Å². The number of benzene rings is 3. The van der Waals surface area contributed by atoms with Crippen LogP contribution in [0.25, 0.3) is 11.0 Å². The van der Waals surface area contributed by atoms with E-state index in [9.17, 15) is 23.3 Å². The fourth-order valence-corrected chi connectivity index (χ4v) is 15.6. The van der Waals surface area contributed by atoms with Gasteiger partial charge in [-0.1, -0.05) is 38.1 Å². The molecule has 78 heavy (non-hydrogen) atoms. The third kappa shape index (κ3) is 9.64. The van der Waals surface area contributed by atoms with Crippen LogP contribution in [-0.2, 0) is 19.5 Å². The topological polar surface area (TPSA) is 197 Å². The molecule has 414 valence electrons. The zero-order chi connectivity index (χ0) is 53.5. The summed E-state index contributed by atoms with van der Waals surface area (Å²) in [6.45, 7) is 14.3. The summed E-state index contributed by atoms with van der Waals surface area (Å²) in [5, 5.41) is 16.7. The molecule has 19 heteroatoms. The normalized spacial score (nSPS) is 26.6. The Morgan fingerprint density at radius 2 is 1.64 bits per heavy atom. The minimum Gasteiger partial charge on any atom is -0.489 e. The highest BCUT2D eigenvalue weighted by molar-refractivity contribution is 7.90. The Balaban J connectivity index is 0.772. The Morgan fingerprint density at radius 1 is 0.859 bits per heavy atom. The highest BCUT2D eigenvalue weighted by Gasteiger charge is 2.51. The van der Waals surface area contributed by atoms with E-state index in [1.807, 2.05) is 30.5 Å². The molecule has 3 N–H and O–H groups in total. The lowest BCUT2D eigenvalue weighted by atomic mass is 9.59. The van der Waals surface area contributed by atoms with E-state index in [2.05, 4.69) is 79.7 Å². The van der Waals surface area contributed by atoms with E-state index in [1.165, 1.54) is 55.7 Å². The van der Waals surface area contributed by atoms with Crippen LogP contribution < -0.4 is 29.3 Å². The second-order valence-corrected chi connectivity index (χ2v) is 26.1. The number of carbonyl (C=O) groups excluding carboxylic acids is 1. The number of aromatic nitrogens is 2. The zero-order valence-corrected chi connectivity index (χ0v) is 45.9. The van der Waals surface area contributed by atoms with Gasteiger partial charge < -0.3 is 39.0 Å². The van der Waals surface area contributed by atoms with Crippen molar-refractivity contribution in [2.75, 3.05) is 80.9 Å². The number of piperidine rings is 1. The summed E-state index contributed by atoms with van der Waals surface area (Å²) in [5.41, 5.74) is 6.06. The molecule has 8 heterocycles. The first-order chi connectivity index (χ1) is 37.7. The number of piperazine rings is 1. The van der Waals surface area contributed by atoms with Gasteiger partial charge in [0, 0.05) is 100 Å². The minimum atomic E-state index is -4.69. The van der Waals surface area contributed by atoms with E-state index < -0.39 is 37.5 Å². The van der Waals surface area contributed by atoms with E-state index in [0.717, 1.165) is 75.5 Å². The van der Waals surface area contributed by atoms with Gasteiger partial charge in [-0.2, -0.15) is 4.98 Å². The molecule has 5 aromatic rings. The number of nitro benzene ring substituents is 1. The van der Waals surface area contributed by atoms with Crippen LogP contribution in [0.4, 0.5) is 28.4 Å². The summed E-state index contributed by atoms with van der Waals surface area (Å²) in [4.78, 5) is 44.7. The molecule has 0 bridgehead atoms. The van der Waals surface area contributed by atoms with Gasteiger partial charge in [0.05, 0.1) is 39.8 Å². The highest BCUT2D eigenvalue weighted by Crippen LogP contribution is 2.54. The van der Waals surface area contributed by atoms with E-state index in [4.69, 9.17) is 23.9 Å². The van der Waals surface area contributed by atoms with Crippen molar-refractivity contribution in [2.24, 2.45) is 16.7 Å². The smallest absolute Gasteiger partial charge is 0.297 e. The second kappa shape index (κ2) is 20.3. The number of hydrogen-bond donors (Lipinski definition) is 3. The van der Waals surface area contributed by atoms with Crippen molar-refractivity contribution >= 4 is 55.4 Å². The Bertz CT molecular complexity index is 3210. The Hall–Kier alpha value is -5.99. The van der Waals surface area contributed by atoms with Gasteiger partial charge in [0.25, 0.3) is 21.6 Å². The highest BCUT2D eigenvalue weighted by atomic mass is 32.2. The summed E-state index contributed by atoms with van der Waals surface area (Å²) in [6.07, 6.45) is 13.1. The average molecular weight is 1080 g/mol. The van der Waals surface area contributed by atoms with Gasteiger partial charge in [0.15, 0.2) is 11.4 Å². The molecule has 4 saturated heterocycles. The Kier molecular flexibility index (Phi) is 13.4. The maximum Gasteiger partial charge on any atom is 0.297 e. The summed E-state index contributed by atoms with van der Waals surface area (Å²) in [7, 11) is -4.69. The van der Waals surface area contributed by atoms with Crippen LogP contribution in [0.5, 0.6) is 11.6 Å². The van der Waals surface area contributed by atoms with Crippen molar-refractivity contribution in [1.82, 2.24) is 24.5 Å². The largest absolute Gasteiger partial charge is 0.489 e. The van der Waals surface area contributed by atoms with Gasteiger partial charge in [-0.15, -0.1) is 0 Å². The van der Waals surface area contributed by atoms with Crippen molar-refractivity contribution in [3.05, 3.63) is 99.7 Å². The van der Waals surface area contributed by atoms with Crippen LogP contribution >= 0.6 is 0 Å². The van der Waals surface area contributed by atoms with Crippen LogP contribution in [0.15, 0.2) is 77.8 Å². The SMILES string of the molecule is Cc1ccccc1[C@@H]1CN(C2CCC(C)(C)CC2)CCN1C1CC2(CCN(c3ccc(C(=O)NS(=O)(=O)c4cc5c(c([N+](=O)[O-])c4)N[C@H](C4CCOCC4)CO5)c(N4c5cc6cc[nH]c6nc5O[C@H]5COCC[C@@H]54)c3)CC2)C1. The Labute approximate surface area is 456 Å². The number of aryl methyl sites for hydroxylation is 1. The number of amides is 1. The van der Waals surface area contributed by atoms with Crippen molar-refractivity contribution in [2.45, 2.75) is 133 Å². The van der Waals surface area contributed by atoms with Crippen LogP contribution in [-0.4, -0.2) is 135 Å². The molecule has 1 amide bonds. The predicted octanol–water partition coefficient (Wildman–Crippen LogP) is 9.26. The molecule has 1 spiro atoms. The Morgan fingerprint density at radius 3 is 2.42 bits per heavy atom. The van der Waals surface area contributed by atoms with Gasteiger partial charge in [0.2, 0.25) is 5.88 Å². The number of pyridine rings is 1. The second-order valence-electron chi connectivity index (χ2n) is 24.5. The lowest BCUT2D eigenvalue weighted by Gasteiger charge is -2.59. The summed E-state index contributed by atoms with van der Waals surface area (Å²) < 4.78 is 55.3. The molecule has 3 aromatic carbocycles. The number of aromatic amines is 1. The maximum absolute atomic E-state index is 14.9. The molecule has 2 aliphatic carbocycles. The quantitative estimate of drug-likeness (QED) is 0.0883. The van der Waals surface area contributed by atoms with Crippen LogP contribution in [0.1, 0.15) is 112 Å². The molecule has 2 saturated carbocycles. The number of nitro groups is 1. The molecule has 13 rings (SSSR count). The molecule has 2 aromatic heterocycles. The zero-order valence-electron chi connectivity index (χ0n) is 45.1. The maximum atomic E-state index is 14.9. The number of nitrogens with one attached hydrogen (secondary N) is 3. The lowest BCUT2D eigenvalue weighted by molar-refractivity contribution is -0.384. The van der Waals surface area contributed by atoms with Crippen LogP contribution in [0.3, 0.4) is 0 Å². The molecular formula is C59H73N9O9S. The van der Waals surface area contributed by atoms with E-state index in [-0.39, 0.29) is 47.0 Å². The number of nitrogens with zero attached hydrogens (tertiary/aromatic N) is 6. The monoisotopic (exact) mass is 1080 g/mol. The van der Waals surface area contributed by atoms with Crippen molar-refractivity contribution in [3.8, 4) is 11.6 Å². The van der Waals surface area contributed by atoms with Gasteiger partial charge in [-0.3, -0.25) is 24.7 Å². The minimum absolute atomic E-state index is 0.0358. The molecule has 0 radical (unpaired) electrons. The third-order valence-corrected chi connectivity index (χ3v) is 20.6. The molecular weight excluding hydrogens is 1010 g/mol. The summed E-state index contributed by atoms with van der Waals surface area (Å²) >= 11 is 0. The first kappa shape index (κ1) is 51.4. The van der Waals surface area contributed by atoms with E-state index in [1.54, 1.807) is 6.07 Å². The number of sulfonamides is 1. The first-order valence-electron chi connectivity index (χ1n) is 28.5. The number of H-pyrrole nitrogens is 1. The standard InChI is InChI=1S/C59H73N9O9S/c1-37-6-4-5-7-44(37)51-34-65(40-10-16-58(2,3)17-11-40)23-24-66(51)42-32-59(33-42)18-21-64(22-19-59)41-8-9-45(48(29-41)67-47-15-27-75-36-53(47)77-57-50(67)28-39-12-20-60-55(39)62-57)56(69)63-78(72,73)43-30-49(68(70)71)54-52(31-43)76-35-46(61-54)38-13-25-74-26-14-38/h4-9,12,20,28-31,38,40,42,46-47,51,53,61H,10-11,13-19,21-27,32-36H2,1-3H3,(H,60,62)(H,63,69)/t46-,47-,51-,53-/m0/s1. The van der Waals surface area contributed by atoms with Gasteiger partial charge in [-0.25, -0.2) is 13.1 Å². The van der Waals surface area contributed by atoms with Crippen molar-refractivity contribution < 1.29 is 37.1 Å². The molecule has 6 aliphatic heterocycles. The fraction of sp³-hybridized carbons (Fsp3) is 0.559. The predicted molar refractivity (Wildman–Crippen MR) is 298 cm³/mol. The number of rotatable bonds is 10. The molecule has 8 aliphatic rings. The molecule has 4 atom stereocenters. The fourth-order valence-electron chi connectivity index (χ4n) is 14.6. The molecule has 0 unspecified atom stereocenters. The summed E-state index contributed by atoms with van der Waals surface area (Å²) in [6, 6.07) is 21.9. The number of anilines is 4. The van der Waals surface area contributed by atoms with Crippen molar-refractivity contribution in [3.63, 3.8) is 0 Å². The van der Waals surface area contributed by atoms with E-state index in [0.29, 0.717) is 79.3 Å². The van der Waals surface area contributed by atoms with Gasteiger partial charge >= 0.3 is 0 Å². The lowest BCUT2D eigenvalue weighted by Crippen LogP contribution is -2.61. The summed E-state index contributed by atoms with van der Waals surface area (Å²) in [5.74, 6) is -0.300. The van der Waals surface area contributed by atoms with Crippen LogP contribution in [0.2, 0.25) is 0 Å². The number of ether oxygens (including phenoxy) is 4. The van der Waals surface area contributed by atoms with Gasteiger partial charge in [0.1, 0.15) is 24.0 Å². The number of hydrogen-bond acceptors (Lipinski definition) is 15. The molecule has 6 fully saturated rings. The van der Waals surface area contributed by atoms with E-state index >= 15 is 0 Å².